The molecule has 0 bridgehead atoms. The third-order valence-corrected chi connectivity index (χ3v) is 4.26. The van der Waals surface area contributed by atoms with Gasteiger partial charge in [0.1, 0.15) is 12.2 Å². The van der Waals surface area contributed by atoms with Crippen molar-refractivity contribution in [1.29, 1.82) is 0 Å². The van der Waals surface area contributed by atoms with Crippen LogP contribution in [0.2, 0.25) is 0 Å². The fourth-order valence-electron chi connectivity index (χ4n) is 2.97. The summed E-state index contributed by atoms with van der Waals surface area (Å²) in [5.74, 6) is -0.981. The van der Waals surface area contributed by atoms with Crippen LogP contribution >= 0.6 is 0 Å². The zero-order valence-electron chi connectivity index (χ0n) is 13.0. The summed E-state index contributed by atoms with van der Waals surface area (Å²) in [6, 6.07) is 0.455. The standard InChI is InChI=1S/C14H25N3O4/c1-14(21-8-12(18)19)9-17(10-14)13(20)16-6-4-5-11(7-16)15(2)3/h11H,4-10H2,1-3H3,(H,18,19). The summed E-state index contributed by atoms with van der Waals surface area (Å²) in [4.78, 5) is 28.8. The minimum Gasteiger partial charge on any atom is -0.480 e. The fraction of sp³-hybridized carbons (Fsp3) is 0.857. The van der Waals surface area contributed by atoms with E-state index in [4.69, 9.17) is 9.84 Å². The minimum absolute atomic E-state index is 0.0398. The third-order valence-electron chi connectivity index (χ3n) is 4.26. The van der Waals surface area contributed by atoms with Crippen molar-refractivity contribution in [3.8, 4) is 0 Å². The van der Waals surface area contributed by atoms with E-state index in [1.165, 1.54) is 0 Å². The maximum atomic E-state index is 12.4. The molecule has 2 heterocycles. The molecule has 1 unspecified atom stereocenters. The van der Waals surface area contributed by atoms with Crippen molar-refractivity contribution in [1.82, 2.24) is 14.7 Å². The number of carbonyl (C=O) groups is 2. The molecule has 2 amide bonds. The van der Waals surface area contributed by atoms with Crippen LogP contribution in [0, 0.1) is 0 Å². The van der Waals surface area contributed by atoms with Gasteiger partial charge < -0.3 is 24.5 Å². The van der Waals surface area contributed by atoms with Gasteiger partial charge in [0.15, 0.2) is 0 Å². The number of carboxylic acid groups (broad SMARTS) is 1. The van der Waals surface area contributed by atoms with Gasteiger partial charge in [-0.05, 0) is 33.9 Å². The number of likely N-dealkylation sites (tertiary alicyclic amines) is 2. The molecule has 0 aromatic rings. The van der Waals surface area contributed by atoms with Gasteiger partial charge in [-0.3, -0.25) is 0 Å². The van der Waals surface area contributed by atoms with Gasteiger partial charge in [0, 0.05) is 19.1 Å². The summed E-state index contributed by atoms with van der Waals surface area (Å²) in [6.07, 6.45) is 2.14. The second kappa shape index (κ2) is 6.19. The molecule has 2 aliphatic heterocycles. The molecule has 2 rings (SSSR count). The zero-order valence-corrected chi connectivity index (χ0v) is 13.0. The molecule has 1 atom stereocenters. The van der Waals surface area contributed by atoms with Crippen LogP contribution in [0.25, 0.3) is 0 Å². The van der Waals surface area contributed by atoms with E-state index in [9.17, 15) is 9.59 Å². The summed E-state index contributed by atoms with van der Waals surface area (Å²) in [5.41, 5.74) is -0.523. The van der Waals surface area contributed by atoms with E-state index < -0.39 is 11.6 Å². The van der Waals surface area contributed by atoms with Crippen molar-refractivity contribution in [2.75, 3.05) is 46.9 Å². The maximum Gasteiger partial charge on any atom is 0.329 e. The molecule has 0 saturated carbocycles. The normalized spacial score (nSPS) is 24.9. The molecular formula is C14H25N3O4. The number of carboxylic acids is 1. The Labute approximate surface area is 125 Å². The summed E-state index contributed by atoms with van der Waals surface area (Å²) in [7, 11) is 4.08. The number of piperidine rings is 1. The Hall–Kier alpha value is -1.34. The molecular weight excluding hydrogens is 274 g/mol. The monoisotopic (exact) mass is 299 g/mol. The lowest BCUT2D eigenvalue weighted by Crippen LogP contribution is -2.66. The van der Waals surface area contributed by atoms with E-state index in [1.807, 2.05) is 25.9 Å². The first-order chi connectivity index (χ1) is 9.81. The Kier molecular flexibility index (Phi) is 4.73. The largest absolute Gasteiger partial charge is 0.480 e. The summed E-state index contributed by atoms with van der Waals surface area (Å²) >= 11 is 0. The van der Waals surface area contributed by atoms with E-state index in [0.717, 1.165) is 25.9 Å². The predicted molar refractivity (Wildman–Crippen MR) is 77.2 cm³/mol. The van der Waals surface area contributed by atoms with Gasteiger partial charge in [-0.25, -0.2) is 9.59 Å². The first-order valence-corrected chi connectivity index (χ1v) is 7.37. The van der Waals surface area contributed by atoms with Crippen molar-refractivity contribution in [2.24, 2.45) is 0 Å². The van der Waals surface area contributed by atoms with Gasteiger partial charge in [-0.15, -0.1) is 0 Å². The van der Waals surface area contributed by atoms with Gasteiger partial charge in [0.05, 0.1) is 13.1 Å². The van der Waals surface area contributed by atoms with Crippen molar-refractivity contribution in [3.05, 3.63) is 0 Å². The van der Waals surface area contributed by atoms with Crippen molar-refractivity contribution in [3.63, 3.8) is 0 Å². The average Bonchev–Trinajstić information content (AvgIpc) is 2.41. The second-order valence-electron chi connectivity index (χ2n) is 6.48. The number of rotatable bonds is 4. The van der Waals surface area contributed by atoms with Crippen LogP contribution in [0.3, 0.4) is 0 Å². The molecule has 2 aliphatic rings. The van der Waals surface area contributed by atoms with Gasteiger partial charge in [0.25, 0.3) is 0 Å². The van der Waals surface area contributed by atoms with Gasteiger partial charge in [-0.2, -0.15) is 0 Å². The highest BCUT2D eigenvalue weighted by atomic mass is 16.5. The minimum atomic E-state index is -0.981. The van der Waals surface area contributed by atoms with Crippen LogP contribution in [-0.4, -0.2) is 90.3 Å². The lowest BCUT2D eigenvalue weighted by molar-refractivity contribution is -0.160. The van der Waals surface area contributed by atoms with Crippen LogP contribution < -0.4 is 0 Å². The zero-order chi connectivity index (χ0) is 15.6. The Morgan fingerprint density at radius 1 is 1.33 bits per heavy atom. The highest BCUT2D eigenvalue weighted by Gasteiger charge is 2.44. The van der Waals surface area contributed by atoms with Crippen LogP contribution in [0.5, 0.6) is 0 Å². The van der Waals surface area contributed by atoms with E-state index in [1.54, 1.807) is 4.90 Å². The maximum absolute atomic E-state index is 12.4. The molecule has 21 heavy (non-hydrogen) atoms. The van der Waals surface area contributed by atoms with Crippen LogP contribution in [0.4, 0.5) is 4.79 Å². The topological polar surface area (TPSA) is 73.3 Å². The molecule has 1 N–H and O–H groups in total. The predicted octanol–water partition coefficient (Wildman–Crippen LogP) is 0.308. The van der Waals surface area contributed by atoms with E-state index >= 15 is 0 Å². The number of urea groups is 1. The first-order valence-electron chi connectivity index (χ1n) is 7.37. The number of amides is 2. The Bertz CT molecular complexity index is 407. The lowest BCUT2D eigenvalue weighted by Gasteiger charge is -2.49. The molecule has 0 aromatic carbocycles. The SMILES string of the molecule is CN(C)C1CCCN(C(=O)N2CC(C)(OCC(=O)O)C2)C1. The van der Waals surface area contributed by atoms with E-state index in [0.29, 0.717) is 19.1 Å². The fourth-order valence-corrected chi connectivity index (χ4v) is 2.97. The van der Waals surface area contributed by atoms with E-state index in [-0.39, 0.29) is 12.6 Å². The summed E-state index contributed by atoms with van der Waals surface area (Å²) < 4.78 is 5.33. The van der Waals surface area contributed by atoms with Crippen LogP contribution in [0.15, 0.2) is 0 Å². The van der Waals surface area contributed by atoms with Gasteiger partial charge in [-0.1, -0.05) is 0 Å². The molecule has 2 fully saturated rings. The molecule has 0 spiro atoms. The number of ether oxygens (including phenoxy) is 1. The molecule has 0 aliphatic carbocycles. The molecule has 7 nitrogen and oxygen atoms in total. The Morgan fingerprint density at radius 3 is 2.57 bits per heavy atom. The Balaban J connectivity index is 1.81. The number of aliphatic carboxylic acids is 1. The Morgan fingerprint density at radius 2 is 2.00 bits per heavy atom. The van der Waals surface area contributed by atoms with Crippen molar-refractivity contribution >= 4 is 12.0 Å². The van der Waals surface area contributed by atoms with Crippen molar-refractivity contribution in [2.45, 2.75) is 31.4 Å². The van der Waals surface area contributed by atoms with E-state index in [2.05, 4.69) is 4.90 Å². The number of hydrogen-bond acceptors (Lipinski definition) is 4. The number of carbonyl (C=O) groups excluding carboxylic acids is 1. The average molecular weight is 299 g/mol. The first kappa shape index (κ1) is 16.0. The molecule has 0 radical (unpaired) electrons. The van der Waals surface area contributed by atoms with Crippen molar-refractivity contribution < 1.29 is 19.4 Å². The quantitative estimate of drug-likeness (QED) is 0.808. The van der Waals surface area contributed by atoms with Crippen LogP contribution in [0.1, 0.15) is 19.8 Å². The number of nitrogens with zero attached hydrogens (tertiary/aromatic N) is 3. The number of hydrogen-bond donors (Lipinski definition) is 1. The molecule has 120 valence electrons. The third kappa shape index (κ3) is 3.85. The molecule has 0 aromatic heterocycles. The molecule has 2 saturated heterocycles. The summed E-state index contributed by atoms with van der Waals surface area (Å²) in [5, 5.41) is 8.64. The smallest absolute Gasteiger partial charge is 0.329 e. The highest BCUT2D eigenvalue weighted by Crippen LogP contribution is 2.27. The molecule has 7 heteroatoms. The highest BCUT2D eigenvalue weighted by molar-refractivity contribution is 5.76. The van der Waals surface area contributed by atoms with Crippen LogP contribution in [-0.2, 0) is 9.53 Å². The lowest BCUT2D eigenvalue weighted by atomic mass is 9.96. The van der Waals surface area contributed by atoms with Gasteiger partial charge in [0.2, 0.25) is 0 Å². The second-order valence-corrected chi connectivity index (χ2v) is 6.48. The van der Waals surface area contributed by atoms with Gasteiger partial charge >= 0.3 is 12.0 Å². The number of likely N-dealkylation sites (N-methyl/N-ethyl adjacent to an activating group) is 1. The summed E-state index contributed by atoms with van der Waals surface area (Å²) in [6.45, 7) is 4.01.